The zero-order valence-corrected chi connectivity index (χ0v) is 8.66. The molecule has 1 N–H and O–H groups in total. The Labute approximate surface area is 88.1 Å². The quantitative estimate of drug-likeness (QED) is 0.612. The molecule has 0 aromatic rings. The van der Waals surface area contributed by atoms with E-state index >= 15 is 0 Å². The molecular formula is C10H14N2O3. The second-order valence-corrected chi connectivity index (χ2v) is 3.81. The lowest BCUT2D eigenvalue weighted by molar-refractivity contribution is -0.138. The molecule has 0 radical (unpaired) electrons. The zero-order valence-electron chi connectivity index (χ0n) is 8.66. The van der Waals surface area contributed by atoms with E-state index in [2.05, 4.69) is 5.32 Å². The predicted molar refractivity (Wildman–Crippen MR) is 53.1 cm³/mol. The van der Waals surface area contributed by atoms with Crippen molar-refractivity contribution in [2.75, 3.05) is 26.3 Å². The van der Waals surface area contributed by atoms with Crippen LogP contribution < -0.4 is 5.32 Å². The molecule has 82 valence electrons. The molecule has 5 nitrogen and oxygen atoms in total. The van der Waals surface area contributed by atoms with Crippen LogP contribution in [0.5, 0.6) is 0 Å². The van der Waals surface area contributed by atoms with Crippen molar-refractivity contribution in [3.63, 3.8) is 0 Å². The molecule has 5 heteroatoms. The van der Waals surface area contributed by atoms with E-state index in [0.717, 1.165) is 6.54 Å². The fourth-order valence-corrected chi connectivity index (χ4v) is 1.77. The van der Waals surface area contributed by atoms with E-state index in [1.165, 1.54) is 11.0 Å². The fourth-order valence-electron chi connectivity index (χ4n) is 1.77. The summed E-state index contributed by atoms with van der Waals surface area (Å²) in [5, 5.41) is 3.21. The number of amides is 2. The first-order valence-electron chi connectivity index (χ1n) is 5.04. The third-order valence-corrected chi connectivity index (χ3v) is 2.59. The van der Waals surface area contributed by atoms with E-state index in [1.807, 2.05) is 0 Å². The summed E-state index contributed by atoms with van der Waals surface area (Å²) in [6.07, 6.45) is 1.38. The molecule has 0 aromatic heterocycles. The van der Waals surface area contributed by atoms with Crippen LogP contribution in [0, 0.1) is 0 Å². The van der Waals surface area contributed by atoms with Crippen LogP contribution in [0.4, 0.5) is 0 Å². The molecule has 1 saturated heterocycles. The lowest BCUT2D eigenvalue weighted by Gasteiger charge is -2.27. The van der Waals surface area contributed by atoms with Gasteiger partial charge in [0.2, 0.25) is 0 Å². The number of morpholine rings is 1. The van der Waals surface area contributed by atoms with Gasteiger partial charge in [-0.1, -0.05) is 0 Å². The van der Waals surface area contributed by atoms with Crippen molar-refractivity contribution in [2.45, 2.75) is 13.0 Å². The number of ether oxygens (including phenoxy) is 1. The predicted octanol–water partition coefficient (Wildman–Crippen LogP) is -0.710. The Morgan fingerprint density at radius 2 is 2.40 bits per heavy atom. The average molecular weight is 210 g/mol. The van der Waals surface area contributed by atoms with Gasteiger partial charge in [-0.25, -0.2) is 0 Å². The highest BCUT2D eigenvalue weighted by molar-refractivity contribution is 6.15. The SMILES string of the molecule is CC1=CC(=O)N(CC2COCCN2)C1=O. The van der Waals surface area contributed by atoms with Crippen molar-refractivity contribution in [1.82, 2.24) is 10.2 Å². The van der Waals surface area contributed by atoms with Crippen molar-refractivity contribution in [3.8, 4) is 0 Å². The van der Waals surface area contributed by atoms with Crippen LogP contribution in [0.3, 0.4) is 0 Å². The largest absolute Gasteiger partial charge is 0.378 e. The van der Waals surface area contributed by atoms with Gasteiger partial charge >= 0.3 is 0 Å². The number of hydrogen-bond donors (Lipinski definition) is 1. The van der Waals surface area contributed by atoms with Gasteiger partial charge in [-0.2, -0.15) is 0 Å². The second kappa shape index (κ2) is 4.12. The molecule has 2 amide bonds. The zero-order chi connectivity index (χ0) is 10.8. The minimum Gasteiger partial charge on any atom is -0.378 e. The van der Waals surface area contributed by atoms with Gasteiger partial charge in [0.15, 0.2) is 0 Å². The Hall–Kier alpha value is -1.20. The minimum atomic E-state index is -0.218. The van der Waals surface area contributed by atoms with Crippen LogP contribution in [0.25, 0.3) is 0 Å². The summed E-state index contributed by atoms with van der Waals surface area (Å²) in [5.41, 5.74) is 0.511. The van der Waals surface area contributed by atoms with E-state index in [-0.39, 0.29) is 17.9 Å². The molecular weight excluding hydrogens is 196 g/mol. The van der Waals surface area contributed by atoms with Crippen molar-refractivity contribution in [3.05, 3.63) is 11.6 Å². The van der Waals surface area contributed by atoms with Crippen LogP contribution in [-0.2, 0) is 14.3 Å². The normalized spacial score (nSPS) is 27.1. The van der Waals surface area contributed by atoms with Gasteiger partial charge < -0.3 is 10.1 Å². The molecule has 15 heavy (non-hydrogen) atoms. The molecule has 2 aliphatic heterocycles. The van der Waals surface area contributed by atoms with Crippen molar-refractivity contribution < 1.29 is 14.3 Å². The lowest BCUT2D eigenvalue weighted by atomic mass is 10.2. The molecule has 0 aromatic carbocycles. The Balaban J connectivity index is 1.95. The van der Waals surface area contributed by atoms with E-state index in [9.17, 15) is 9.59 Å². The maximum absolute atomic E-state index is 11.6. The van der Waals surface area contributed by atoms with Gasteiger partial charge in [0, 0.05) is 30.8 Å². The number of rotatable bonds is 2. The number of carbonyl (C=O) groups is 2. The number of hydrogen-bond acceptors (Lipinski definition) is 4. The fraction of sp³-hybridized carbons (Fsp3) is 0.600. The molecule has 0 saturated carbocycles. The molecule has 0 spiro atoms. The minimum absolute atomic E-state index is 0.0611. The van der Waals surface area contributed by atoms with Gasteiger partial charge in [-0.05, 0) is 6.92 Å². The summed E-state index contributed by atoms with van der Waals surface area (Å²) < 4.78 is 5.26. The average Bonchev–Trinajstić information content (AvgIpc) is 2.47. The van der Waals surface area contributed by atoms with Crippen molar-refractivity contribution >= 4 is 11.8 Å². The van der Waals surface area contributed by atoms with Gasteiger partial charge in [-0.3, -0.25) is 14.5 Å². The van der Waals surface area contributed by atoms with Crippen molar-refractivity contribution in [2.24, 2.45) is 0 Å². The maximum atomic E-state index is 11.6. The highest BCUT2D eigenvalue weighted by Crippen LogP contribution is 2.12. The van der Waals surface area contributed by atoms with Crippen molar-refractivity contribution in [1.29, 1.82) is 0 Å². The first-order chi connectivity index (χ1) is 7.18. The van der Waals surface area contributed by atoms with E-state index in [1.54, 1.807) is 6.92 Å². The molecule has 2 aliphatic rings. The first kappa shape index (κ1) is 10.3. The third kappa shape index (κ3) is 2.08. The van der Waals surface area contributed by atoms with Gasteiger partial charge in [0.05, 0.1) is 13.2 Å². The van der Waals surface area contributed by atoms with Gasteiger partial charge in [-0.15, -0.1) is 0 Å². The topological polar surface area (TPSA) is 58.6 Å². The summed E-state index contributed by atoms with van der Waals surface area (Å²) in [7, 11) is 0. The highest BCUT2D eigenvalue weighted by atomic mass is 16.5. The molecule has 1 fully saturated rings. The molecule has 1 atom stereocenters. The van der Waals surface area contributed by atoms with E-state index in [0.29, 0.717) is 25.3 Å². The number of nitrogens with zero attached hydrogens (tertiary/aromatic N) is 1. The van der Waals surface area contributed by atoms with Crippen LogP contribution in [0.2, 0.25) is 0 Å². The molecule has 2 rings (SSSR count). The Bertz CT molecular complexity index is 319. The highest BCUT2D eigenvalue weighted by Gasteiger charge is 2.30. The van der Waals surface area contributed by atoms with E-state index in [4.69, 9.17) is 4.74 Å². The van der Waals surface area contributed by atoms with Gasteiger partial charge in [0.1, 0.15) is 0 Å². The Morgan fingerprint density at radius 3 is 2.93 bits per heavy atom. The lowest BCUT2D eigenvalue weighted by Crippen LogP contribution is -2.50. The number of imide groups is 1. The third-order valence-electron chi connectivity index (χ3n) is 2.59. The second-order valence-electron chi connectivity index (χ2n) is 3.81. The number of nitrogens with one attached hydrogen (secondary N) is 1. The Kier molecular flexibility index (Phi) is 2.83. The molecule has 0 aliphatic carbocycles. The molecule has 0 bridgehead atoms. The first-order valence-corrected chi connectivity index (χ1v) is 5.04. The van der Waals surface area contributed by atoms with Crippen LogP contribution >= 0.6 is 0 Å². The monoisotopic (exact) mass is 210 g/mol. The van der Waals surface area contributed by atoms with Crippen LogP contribution in [0.15, 0.2) is 11.6 Å². The smallest absolute Gasteiger partial charge is 0.256 e. The van der Waals surface area contributed by atoms with Crippen LogP contribution in [-0.4, -0.2) is 49.1 Å². The summed E-state index contributed by atoms with van der Waals surface area (Å²) in [6.45, 7) is 4.07. The Morgan fingerprint density at radius 1 is 1.60 bits per heavy atom. The summed E-state index contributed by atoms with van der Waals surface area (Å²) in [6, 6.07) is 0.0611. The summed E-state index contributed by atoms with van der Waals surface area (Å²) >= 11 is 0. The van der Waals surface area contributed by atoms with E-state index < -0.39 is 0 Å². The number of carbonyl (C=O) groups excluding carboxylic acids is 2. The standard InChI is InChI=1S/C10H14N2O3/c1-7-4-9(13)12(10(7)14)5-8-6-15-3-2-11-8/h4,8,11H,2-3,5-6H2,1H3. The molecule has 1 unspecified atom stereocenters. The maximum Gasteiger partial charge on any atom is 0.256 e. The summed E-state index contributed by atoms with van der Waals surface area (Å²) in [5.74, 6) is -0.405. The molecule has 2 heterocycles. The summed E-state index contributed by atoms with van der Waals surface area (Å²) in [4.78, 5) is 24.3. The van der Waals surface area contributed by atoms with Crippen LogP contribution in [0.1, 0.15) is 6.92 Å². The van der Waals surface area contributed by atoms with Gasteiger partial charge in [0.25, 0.3) is 11.8 Å².